The van der Waals surface area contributed by atoms with Crippen molar-refractivity contribution in [2.75, 3.05) is 5.32 Å². The molecule has 0 bridgehead atoms. The second-order valence-electron chi connectivity index (χ2n) is 8.64. The van der Waals surface area contributed by atoms with Crippen molar-refractivity contribution in [2.45, 2.75) is 55.8 Å². The number of ketones is 1. The maximum absolute atomic E-state index is 13.7. The van der Waals surface area contributed by atoms with Crippen LogP contribution in [0.4, 0.5) is 14.5 Å². The second-order valence-corrected chi connectivity index (χ2v) is 8.64. The number of benzene rings is 2. The van der Waals surface area contributed by atoms with E-state index in [9.17, 15) is 18.7 Å². The van der Waals surface area contributed by atoms with Gasteiger partial charge in [0, 0.05) is 23.7 Å². The fourth-order valence-electron chi connectivity index (χ4n) is 4.94. The monoisotopic (exact) mass is 425 g/mol. The number of fused-ring (bicyclic) bond motifs is 1. The minimum absolute atomic E-state index is 0.228. The predicted molar refractivity (Wildman–Crippen MR) is 115 cm³/mol. The van der Waals surface area contributed by atoms with Crippen molar-refractivity contribution in [1.82, 2.24) is 10.3 Å². The maximum atomic E-state index is 13.7. The van der Waals surface area contributed by atoms with Gasteiger partial charge in [-0.15, -0.1) is 0 Å². The number of carbonyl (C=O) groups is 1. The molecule has 2 aliphatic rings. The largest absolute Gasteiger partial charge is 0.383 e. The lowest BCUT2D eigenvalue weighted by atomic mass is 9.77. The van der Waals surface area contributed by atoms with Gasteiger partial charge in [0.25, 0.3) is 0 Å². The van der Waals surface area contributed by atoms with Crippen LogP contribution in [0.1, 0.15) is 37.2 Å². The van der Waals surface area contributed by atoms with Gasteiger partial charge in [0.05, 0.1) is 17.2 Å². The molecule has 2 aliphatic carbocycles. The first-order valence-electron chi connectivity index (χ1n) is 10.8. The van der Waals surface area contributed by atoms with Gasteiger partial charge in [0.15, 0.2) is 17.4 Å². The molecule has 3 aromatic rings. The maximum Gasteiger partial charge on any atom is 0.186 e. The Kier molecular flexibility index (Phi) is 5.24. The average Bonchev–Trinajstić information content (AvgIpc) is 3.18. The highest BCUT2D eigenvalue weighted by molar-refractivity contribution is 6.01. The number of Topliss-reactive ketones (excluding diaryl/α,β-unsaturated/α-hetero) is 1. The highest BCUT2D eigenvalue weighted by Gasteiger charge is 2.50. The van der Waals surface area contributed by atoms with Crippen LogP contribution in [0.5, 0.6) is 0 Å². The van der Waals surface area contributed by atoms with Gasteiger partial charge in [-0.1, -0.05) is 30.3 Å². The first-order valence-corrected chi connectivity index (χ1v) is 10.8. The van der Waals surface area contributed by atoms with E-state index in [1.165, 1.54) is 5.56 Å². The van der Waals surface area contributed by atoms with Gasteiger partial charge in [-0.3, -0.25) is 4.79 Å². The molecule has 0 spiro atoms. The summed E-state index contributed by atoms with van der Waals surface area (Å²) in [5, 5.41) is 17.3. The van der Waals surface area contributed by atoms with Crippen LogP contribution in [0.25, 0.3) is 10.9 Å². The number of H-pyrrole nitrogens is 1. The number of aliphatic hydroxyl groups is 1. The van der Waals surface area contributed by atoms with Crippen LogP contribution in [-0.2, 0) is 4.79 Å². The van der Waals surface area contributed by atoms with E-state index in [2.05, 4.69) is 39.9 Å². The summed E-state index contributed by atoms with van der Waals surface area (Å²) in [6.07, 6.45) is 4.59. The number of aromatic nitrogens is 1. The Hall–Kier alpha value is -2.77. The zero-order valence-corrected chi connectivity index (χ0v) is 16.9. The molecule has 0 saturated heterocycles. The molecule has 4 N–H and O–H groups in total. The van der Waals surface area contributed by atoms with Crippen LogP contribution >= 0.6 is 0 Å². The molecular formula is C24H25F2N3O2. The molecule has 2 aromatic carbocycles. The van der Waals surface area contributed by atoms with Crippen molar-refractivity contribution >= 4 is 22.4 Å². The Morgan fingerprint density at radius 2 is 1.71 bits per heavy atom. The van der Waals surface area contributed by atoms with Gasteiger partial charge in [-0.25, -0.2) is 8.78 Å². The number of anilines is 1. The quantitative estimate of drug-likeness (QED) is 0.501. The number of halogens is 2. The first kappa shape index (κ1) is 20.2. The van der Waals surface area contributed by atoms with Crippen molar-refractivity contribution in [3.63, 3.8) is 0 Å². The SMILES string of the molecule is O=C1C(O)C(NC2CCC(c3ccccc3)CC2)C1Nc1c[nH]c2cc(F)c(F)cc12. The molecule has 0 aliphatic heterocycles. The summed E-state index contributed by atoms with van der Waals surface area (Å²) in [5.41, 5.74) is 2.32. The molecule has 1 heterocycles. The normalized spacial score (nSPS) is 28.5. The van der Waals surface area contributed by atoms with Crippen LogP contribution in [0.2, 0.25) is 0 Å². The summed E-state index contributed by atoms with van der Waals surface area (Å²) < 4.78 is 27.1. The molecule has 31 heavy (non-hydrogen) atoms. The van der Waals surface area contributed by atoms with Crippen LogP contribution < -0.4 is 10.6 Å². The van der Waals surface area contributed by atoms with Crippen molar-refractivity contribution in [2.24, 2.45) is 0 Å². The van der Waals surface area contributed by atoms with Gasteiger partial charge >= 0.3 is 0 Å². The molecule has 2 fully saturated rings. The standard InChI is InChI=1S/C24H25F2N3O2/c25-17-10-16-19(11-18(17)26)27-12-20(16)29-22-21(23(30)24(22)31)28-15-8-6-14(7-9-15)13-4-2-1-3-5-13/h1-5,10-12,14-15,21-23,27-30H,6-9H2. The minimum Gasteiger partial charge on any atom is -0.383 e. The van der Waals surface area contributed by atoms with Crippen LogP contribution in [0.3, 0.4) is 0 Å². The lowest BCUT2D eigenvalue weighted by Crippen LogP contribution is -2.71. The highest BCUT2D eigenvalue weighted by atomic mass is 19.2. The van der Waals surface area contributed by atoms with Crippen molar-refractivity contribution in [3.05, 3.63) is 65.9 Å². The van der Waals surface area contributed by atoms with Gasteiger partial charge in [-0.2, -0.15) is 0 Å². The van der Waals surface area contributed by atoms with E-state index < -0.39 is 29.8 Å². The smallest absolute Gasteiger partial charge is 0.186 e. The van der Waals surface area contributed by atoms with E-state index in [0.717, 1.165) is 37.8 Å². The molecule has 5 nitrogen and oxygen atoms in total. The van der Waals surface area contributed by atoms with E-state index in [1.54, 1.807) is 6.20 Å². The molecular weight excluding hydrogens is 400 g/mol. The summed E-state index contributed by atoms with van der Waals surface area (Å²) in [6, 6.07) is 11.9. The zero-order valence-electron chi connectivity index (χ0n) is 16.9. The Morgan fingerprint density at radius 3 is 2.45 bits per heavy atom. The number of hydrogen-bond acceptors (Lipinski definition) is 4. The minimum atomic E-state index is -1.07. The number of hydrogen-bond donors (Lipinski definition) is 4. The first-order chi connectivity index (χ1) is 15.0. The molecule has 0 radical (unpaired) electrons. The van der Waals surface area contributed by atoms with E-state index in [-0.39, 0.29) is 11.8 Å². The highest BCUT2D eigenvalue weighted by Crippen LogP contribution is 2.34. The Balaban J connectivity index is 1.24. The number of aromatic amines is 1. The summed E-state index contributed by atoms with van der Waals surface area (Å²) in [6.45, 7) is 0. The third kappa shape index (κ3) is 3.72. The number of nitrogens with one attached hydrogen (secondary N) is 3. The molecule has 1 aromatic heterocycles. The van der Waals surface area contributed by atoms with Crippen molar-refractivity contribution in [3.8, 4) is 0 Å². The molecule has 3 unspecified atom stereocenters. The summed E-state index contributed by atoms with van der Waals surface area (Å²) in [7, 11) is 0. The average molecular weight is 425 g/mol. The second kappa shape index (κ2) is 8.05. The third-order valence-electron chi connectivity index (χ3n) is 6.76. The van der Waals surface area contributed by atoms with E-state index in [4.69, 9.17) is 0 Å². The van der Waals surface area contributed by atoms with Crippen LogP contribution in [0.15, 0.2) is 48.7 Å². The molecule has 162 valence electrons. The van der Waals surface area contributed by atoms with Crippen molar-refractivity contribution in [1.29, 1.82) is 0 Å². The topological polar surface area (TPSA) is 77.2 Å². The van der Waals surface area contributed by atoms with Gasteiger partial charge in [0.1, 0.15) is 12.1 Å². The van der Waals surface area contributed by atoms with E-state index >= 15 is 0 Å². The summed E-state index contributed by atoms with van der Waals surface area (Å²) in [4.78, 5) is 15.2. The summed E-state index contributed by atoms with van der Waals surface area (Å²) >= 11 is 0. The third-order valence-corrected chi connectivity index (χ3v) is 6.76. The van der Waals surface area contributed by atoms with Gasteiger partial charge in [0.2, 0.25) is 0 Å². The van der Waals surface area contributed by atoms with Gasteiger partial charge < -0.3 is 20.7 Å². The fourth-order valence-corrected chi connectivity index (χ4v) is 4.94. The Morgan fingerprint density at radius 1 is 1.00 bits per heavy atom. The molecule has 2 saturated carbocycles. The molecule has 0 amide bonds. The van der Waals surface area contributed by atoms with Gasteiger partial charge in [-0.05, 0) is 43.2 Å². The van der Waals surface area contributed by atoms with E-state index in [0.29, 0.717) is 22.5 Å². The Labute approximate surface area is 178 Å². The lowest BCUT2D eigenvalue weighted by molar-refractivity contribution is -0.140. The fraction of sp³-hybridized carbons (Fsp3) is 0.375. The molecule has 3 atom stereocenters. The number of carbonyl (C=O) groups excluding carboxylic acids is 1. The van der Waals surface area contributed by atoms with Crippen molar-refractivity contribution < 1.29 is 18.7 Å². The number of aliphatic hydroxyl groups excluding tert-OH is 1. The molecule has 7 heteroatoms. The van der Waals surface area contributed by atoms with E-state index in [1.807, 2.05) is 6.07 Å². The van der Waals surface area contributed by atoms with Crippen LogP contribution in [-0.4, -0.2) is 40.1 Å². The summed E-state index contributed by atoms with van der Waals surface area (Å²) in [5.74, 6) is -1.63. The molecule has 5 rings (SSSR count). The zero-order chi connectivity index (χ0) is 21.5. The van der Waals surface area contributed by atoms with Crippen LogP contribution in [0, 0.1) is 11.6 Å². The Bertz CT molecular complexity index is 1090. The lowest BCUT2D eigenvalue weighted by Gasteiger charge is -2.44. The predicted octanol–water partition coefficient (Wildman–Crippen LogP) is 3.85. The number of rotatable bonds is 5.